The van der Waals surface area contributed by atoms with Gasteiger partial charge in [-0.1, -0.05) is 12.1 Å². The van der Waals surface area contributed by atoms with Crippen LogP contribution in [0.4, 0.5) is 0 Å². The average Bonchev–Trinajstić information content (AvgIpc) is 2.60. The minimum atomic E-state index is -0.302. The Morgan fingerprint density at radius 2 is 1.83 bits per heavy atom. The lowest BCUT2D eigenvalue weighted by atomic mass is 10.2. The minimum absolute atomic E-state index is 0.169. The van der Waals surface area contributed by atoms with E-state index in [9.17, 15) is 14.4 Å². The molecular weight excluding hydrogens is 298 g/mol. The zero-order valence-electron chi connectivity index (χ0n) is 13.2. The number of amides is 3. The van der Waals surface area contributed by atoms with Gasteiger partial charge in [0, 0.05) is 32.7 Å². The number of nitrogens with zero attached hydrogens (tertiary/aromatic N) is 2. The SMILES string of the molecule is COc1ccc(CNC(=O)CC(=O)N2CCN(C=O)CC2)cc1. The summed E-state index contributed by atoms with van der Waals surface area (Å²) < 4.78 is 5.07. The smallest absolute Gasteiger partial charge is 0.232 e. The third-order valence-corrected chi connectivity index (χ3v) is 3.78. The summed E-state index contributed by atoms with van der Waals surface area (Å²) in [6.07, 6.45) is 0.612. The molecule has 2 rings (SSSR count). The Morgan fingerprint density at radius 3 is 2.39 bits per heavy atom. The number of nitrogens with one attached hydrogen (secondary N) is 1. The lowest BCUT2D eigenvalue weighted by Crippen LogP contribution is -2.48. The van der Waals surface area contributed by atoms with Gasteiger partial charge in [-0.05, 0) is 17.7 Å². The molecule has 1 N–H and O–H groups in total. The Balaban J connectivity index is 1.73. The zero-order valence-corrected chi connectivity index (χ0v) is 13.2. The van der Waals surface area contributed by atoms with Crippen molar-refractivity contribution in [1.29, 1.82) is 0 Å². The Labute approximate surface area is 135 Å². The van der Waals surface area contributed by atoms with Crippen molar-refractivity contribution < 1.29 is 19.1 Å². The summed E-state index contributed by atoms with van der Waals surface area (Å²) in [7, 11) is 1.59. The van der Waals surface area contributed by atoms with E-state index in [0.717, 1.165) is 17.7 Å². The maximum Gasteiger partial charge on any atom is 0.232 e. The van der Waals surface area contributed by atoms with Crippen molar-refractivity contribution >= 4 is 18.2 Å². The van der Waals surface area contributed by atoms with Crippen LogP contribution < -0.4 is 10.1 Å². The van der Waals surface area contributed by atoms with E-state index in [4.69, 9.17) is 4.74 Å². The third kappa shape index (κ3) is 4.98. The molecule has 1 aliphatic heterocycles. The average molecular weight is 319 g/mol. The first kappa shape index (κ1) is 16.8. The number of carbonyl (C=O) groups is 3. The molecule has 0 atom stereocenters. The van der Waals surface area contributed by atoms with Crippen LogP contribution >= 0.6 is 0 Å². The number of ether oxygens (including phenoxy) is 1. The molecule has 3 amide bonds. The van der Waals surface area contributed by atoms with Crippen molar-refractivity contribution in [2.24, 2.45) is 0 Å². The van der Waals surface area contributed by atoms with Crippen molar-refractivity contribution in [3.05, 3.63) is 29.8 Å². The molecule has 0 saturated carbocycles. The van der Waals surface area contributed by atoms with Gasteiger partial charge in [-0.3, -0.25) is 14.4 Å². The topological polar surface area (TPSA) is 79.0 Å². The minimum Gasteiger partial charge on any atom is -0.497 e. The van der Waals surface area contributed by atoms with Crippen LogP contribution in [0, 0.1) is 0 Å². The highest BCUT2D eigenvalue weighted by Gasteiger charge is 2.21. The first-order chi connectivity index (χ1) is 11.1. The Hall–Kier alpha value is -2.57. The van der Waals surface area contributed by atoms with Crippen LogP contribution in [0.1, 0.15) is 12.0 Å². The van der Waals surface area contributed by atoms with Crippen molar-refractivity contribution in [3.8, 4) is 5.75 Å². The predicted octanol–water partition coefficient (Wildman–Crippen LogP) is 0.00210. The number of benzene rings is 1. The summed E-state index contributed by atoms with van der Waals surface area (Å²) in [5.74, 6) is 0.246. The van der Waals surface area contributed by atoms with E-state index in [-0.39, 0.29) is 18.2 Å². The second-order valence-electron chi connectivity index (χ2n) is 5.32. The van der Waals surface area contributed by atoms with Crippen molar-refractivity contribution in [2.75, 3.05) is 33.3 Å². The second-order valence-corrected chi connectivity index (χ2v) is 5.32. The number of methoxy groups -OCH3 is 1. The van der Waals surface area contributed by atoms with Crippen molar-refractivity contribution in [1.82, 2.24) is 15.1 Å². The molecule has 0 spiro atoms. The molecule has 0 aromatic heterocycles. The van der Waals surface area contributed by atoms with E-state index in [1.807, 2.05) is 24.3 Å². The van der Waals surface area contributed by atoms with Gasteiger partial charge in [0.15, 0.2) is 0 Å². The summed E-state index contributed by atoms with van der Waals surface area (Å²) in [6, 6.07) is 7.36. The summed E-state index contributed by atoms with van der Waals surface area (Å²) in [4.78, 5) is 37.8. The van der Waals surface area contributed by atoms with E-state index in [1.54, 1.807) is 16.9 Å². The fourth-order valence-corrected chi connectivity index (χ4v) is 2.33. The lowest BCUT2D eigenvalue weighted by Gasteiger charge is -2.32. The zero-order chi connectivity index (χ0) is 16.7. The first-order valence-corrected chi connectivity index (χ1v) is 7.49. The van der Waals surface area contributed by atoms with E-state index in [1.165, 1.54) is 0 Å². The highest BCUT2D eigenvalue weighted by Crippen LogP contribution is 2.11. The quantitative estimate of drug-likeness (QED) is 0.591. The molecule has 0 radical (unpaired) electrons. The number of rotatable bonds is 6. The van der Waals surface area contributed by atoms with Gasteiger partial charge < -0.3 is 19.9 Å². The largest absolute Gasteiger partial charge is 0.497 e. The normalized spacial score (nSPS) is 14.3. The molecule has 23 heavy (non-hydrogen) atoms. The van der Waals surface area contributed by atoms with Crippen LogP contribution in [0.15, 0.2) is 24.3 Å². The molecule has 124 valence electrons. The molecule has 7 heteroatoms. The summed E-state index contributed by atoms with van der Waals surface area (Å²) in [5.41, 5.74) is 0.936. The predicted molar refractivity (Wildman–Crippen MR) is 83.7 cm³/mol. The standard InChI is InChI=1S/C16H21N3O4/c1-23-14-4-2-13(3-5-14)11-17-15(21)10-16(22)19-8-6-18(12-20)7-9-19/h2-5,12H,6-11H2,1H3,(H,17,21). The number of carbonyl (C=O) groups excluding carboxylic acids is 3. The molecule has 1 aliphatic rings. The first-order valence-electron chi connectivity index (χ1n) is 7.49. The van der Waals surface area contributed by atoms with E-state index in [0.29, 0.717) is 32.7 Å². The van der Waals surface area contributed by atoms with Gasteiger partial charge in [0.05, 0.1) is 7.11 Å². The lowest BCUT2D eigenvalue weighted by molar-refractivity contribution is -0.139. The molecule has 0 aliphatic carbocycles. The van der Waals surface area contributed by atoms with Crippen LogP contribution in [0.5, 0.6) is 5.75 Å². The van der Waals surface area contributed by atoms with E-state index < -0.39 is 0 Å². The van der Waals surface area contributed by atoms with Crippen molar-refractivity contribution in [2.45, 2.75) is 13.0 Å². The molecule has 0 unspecified atom stereocenters. The Bertz CT molecular complexity index is 551. The highest BCUT2D eigenvalue weighted by molar-refractivity contribution is 5.96. The van der Waals surface area contributed by atoms with Gasteiger partial charge >= 0.3 is 0 Å². The van der Waals surface area contributed by atoms with Crippen molar-refractivity contribution in [3.63, 3.8) is 0 Å². The maximum atomic E-state index is 12.0. The monoisotopic (exact) mass is 319 g/mol. The number of hydrogen-bond donors (Lipinski definition) is 1. The molecule has 1 heterocycles. The highest BCUT2D eigenvalue weighted by atomic mass is 16.5. The fraction of sp³-hybridized carbons (Fsp3) is 0.438. The van der Waals surface area contributed by atoms with E-state index in [2.05, 4.69) is 5.32 Å². The van der Waals surface area contributed by atoms with Gasteiger partial charge in [-0.2, -0.15) is 0 Å². The second kappa shape index (κ2) is 8.17. The number of piperazine rings is 1. The Kier molecular flexibility index (Phi) is 5.96. The van der Waals surface area contributed by atoms with Gasteiger partial charge in [0.2, 0.25) is 18.2 Å². The molecular formula is C16H21N3O4. The molecule has 1 fully saturated rings. The van der Waals surface area contributed by atoms with Crippen LogP contribution in [-0.4, -0.2) is 61.3 Å². The maximum absolute atomic E-state index is 12.0. The molecule has 0 bridgehead atoms. The molecule has 1 aromatic carbocycles. The summed E-state index contributed by atoms with van der Waals surface area (Å²) >= 11 is 0. The van der Waals surface area contributed by atoms with Gasteiger partial charge in [-0.15, -0.1) is 0 Å². The van der Waals surface area contributed by atoms with Crippen LogP contribution in [0.25, 0.3) is 0 Å². The Morgan fingerprint density at radius 1 is 1.17 bits per heavy atom. The molecule has 7 nitrogen and oxygen atoms in total. The van der Waals surface area contributed by atoms with E-state index >= 15 is 0 Å². The van der Waals surface area contributed by atoms with Crippen LogP contribution in [-0.2, 0) is 20.9 Å². The number of hydrogen-bond acceptors (Lipinski definition) is 4. The van der Waals surface area contributed by atoms with Crippen LogP contribution in [0.3, 0.4) is 0 Å². The molecule has 1 saturated heterocycles. The van der Waals surface area contributed by atoms with Crippen LogP contribution in [0.2, 0.25) is 0 Å². The fourth-order valence-electron chi connectivity index (χ4n) is 2.33. The summed E-state index contributed by atoms with van der Waals surface area (Å²) in [6.45, 7) is 2.35. The van der Waals surface area contributed by atoms with Gasteiger partial charge in [-0.25, -0.2) is 0 Å². The molecule has 1 aromatic rings. The summed E-state index contributed by atoms with van der Waals surface area (Å²) in [5, 5.41) is 2.73. The third-order valence-electron chi connectivity index (χ3n) is 3.78. The van der Waals surface area contributed by atoms with Gasteiger partial charge in [0.25, 0.3) is 0 Å². The van der Waals surface area contributed by atoms with Gasteiger partial charge in [0.1, 0.15) is 12.2 Å².